The van der Waals surface area contributed by atoms with Gasteiger partial charge in [-0.25, -0.2) is 0 Å². The van der Waals surface area contributed by atoms with E-state index in [4.69, 9.17) is 0 Å². The molecule has 4 aliphatic rings. The van der Waals surface area contributed by atoms with Gasteiger partial charge in [0.15, 0.2) is 0 Å². The summed E-state index contributed by atoms with van der Waals surface area (Å²) in [7, 11) is 0. The molecule has 2 heteroatoms. The molecule has 30 heavy (non-hydrogen) atoms. The van der Waals surface area contributed by atoms with Crippen LogP contribution < -0.4 is 0 Å². The van der Waals surface area contributed by atoms with Crippen LogP contribution in [0.2, 0.25) is 0 Å². The molecule has 4 saturated carbocycles. The van der Waals surface area contributed by atoms with Gasteiger partial charge in [0.2, 0.25) is 0 Å². The van der Waals surface area contributed by atoms with Crippen molar-refractivity contribution in [3.05, 3.63) is 0 Å². The highest BCUT2D eigenvalue weighted by Gasteiger charge is 2.60. The Hall–Kier alpha value is 0.960. The number of halogens is 2. The predicted molar refractivity (Wildman–Crippen MR) is 138 cm³/mol. The van der Waals surface area contributed by atoms with Crippen LogP contribution in [0.3, 0.4) is 0 Å². The Bertz CT molecular complexity index is 601. The van der Waals surface area contributed by atoms with Gasteiger partial charge in [-0.2, -0.15) is 0 Å². The molecule has 0 saturated heterocycles. The molecule has 0 aliphatic heterocycles. The minimum Gasteiger partial charge on any atom is -0.0875 e. The van der Waals surface area contributed by atoms with Gasteiger partial charge in [0, 0.05) is 9.65 Å². The first-order chi connectivity index (χ1) is 14.1. The van der Waals surface area contributed by atoms with Gasteiger partial charge < -0.3 is 0 Å². The molecule has 3 unspecified atom stereocenters. The maximum Gasteiger partial charge on any atom is 0.0302 e. The van der Waals surface area contributed by atoms with E-state index < -0.39 is 0 Å². The van der Waals surface area contributed by atoms with Crippen LogP contribution in [0.5, 0.6) is 0 Å². The van der Waals surface area contributed by atoms with Gasteiger partial charge in [-0.3, -0.25) is 0 Å². The molecular weight excluding hydrogens is 496 g/mol. The largest absolute Gasteiger partial charge is 0.0875 e. The second-order valence-corrected chi connectivity index (χ2v) is 15.1. The van der Waals surface area contributed by atoms with Gasteiger partial charge in [-0.1, -0.05) is 86.2 Å². The monoisotopic (exact) mass is 542 g/mol. The zero-order valence-corrected chi connectivity index (χ0v) is 23.8. The summed E-state index contributed by atoms with van der Waals surface area (Å²) in [5, 5.41) is 0. The lowest BCUT2D eigenvalue weighted by Crippen LogP contribution is -2.53. The van der Waals surface area contributed by atoms with Crippen LogP contribution in [-0.2, 0) is 0 Å². The van der Waals surface area contributed by atoms with Crippen LogP contribution in [0.4, 0.5) is 0 Å². The maximum atomic E-state index is 4.20. The van der Waals surface area contributed by atoms with Gasteiger partial charge in [-0.05, 0) is 110 Å². The van der Waals surface area contributed by atoms with Crippen LogP contribution in [-0.4, -0.2) is 9.65 Å². The lowest BCUT2D eigenvalue weighted by Gasteiger charge is -2.61. The summed E-state index contributed by atoms with van der Waals surface area (Å²) in [5.74, 6) is 7.20. The highest BCUT2D eigenvalue weighted by atomic mass is 79.9. The summed E-state index contributed by atoms with van der Waals surface area (Å²) >= 11 is 8.32. The topological polar surface area (TPSA) is 0 Å². The van der Waals surface area contributed by atoms with Crippen molar-refractivity contribution in [2.24, 2.45) is 58.2 Å². The standard InChI is InChI=1S/C28H48Br2/c1-17(2)18(3)25(29)26(30)19(4)22-12-13-23-21-11-10-20-9-7-8-15-27(20,5)24(21)14-16-28(22,23)6/h17-26H,7-16H2,1-6H3/t18-,19+,20?,21+,22-,23+,24+,25?,26?,27+,28-/m1/s1. The number of hydrogen-bond acceptors (Lipinski definition) is 0. The van der Waals surface area contributed by atoms with Crippen LogP contribution in [0.15, 0.2) is 0 Å². The molecule has 0 aromatic heterocycles. The third kappa shape index (κ3) is 3.82. The third-order valence-corrected chi connectivity index (χ3v) is 15.2. The first-order valence-corrected chi connectivity index (χ1v) is 15.2. The molecule has 174 valence electrons. The van der Waals surface area contributed by atoms with E-state index in [0.29, 0.717) is 26.4 Å². The lowest BCUT2D eigenvalue weighted by atomic mass is 9.44. The van der Waals surface area contributed by atoms with Crippen LogP contribution in [0.25, 0.3) is 0 Å². The van der Waals surface area contributed by atoms with Crippen molar-refractivity contribution in [2.75, 3.05) is 0 Å². The molecule has 0 amide bonds. The third-order valence-electron chi connectivity index (χ3n) is 11.7. The van der Waals surface area contributed by atoms with Gasteiger partial charge in [-0.15, -0.1) is 0 Å². The molecule has 0 heterocycles. The summed E-state index contributed by atoms with van der Waals surface area (Å²) in [4.78, 5) is 1.16. The highest BCUT2D eigenvalue weighted by molar-refractivity contribution is 9.12. The molecule has 0 nitrogen and oxygen atoms in total. The van der Waals surface area contributed by atoms with E-state index in [0.717, 1.165) is 41.4 Å². The first kappa shape index (κ1) is 24.1. The normalized spacial score (nSPS) is 47.7. The molecule has 0 bridgehead atoms. The fourth-order valence-electron chi connectivity index (χ4n) is 9.37. The summed E-state index contributed by atoms with van der Waals surface area (Å²) in [6.07, 6.45) is 15.2. The predicted octanol–water partition coefficient (Wildman–Crippen LogP) is 9.49. The van der Waals surface area contributed by atoms with Crippen molar-refractivity contribution < 1.29 is 0 Å². The number of fused-ring (bicyclic) bond motifs is 5. The van der Waals surface area contributed by atoms with Gasteiger partial charge in [0.05, 0.1) is 0 Å². The summed E-state index contributed by atoms with van der Waals surface area (Å²) in [6, 6.07) is 0. The average Bonchev–Trinajstić information content (AvgIpc) is 3.08. The molecule has 4 aliphatic carbocycles. The Morgan fingerprint density at radius 1 is 0.700 bits per heavy atom. The van der Waals surface area contributed by atoms with Gasteiger partial charge >= 0.3 is 0 Å². The molecule has 11 atom stereocenters. The van der Waals surface area contributed by atoms with E-state index in [2.05, 4.69) is 73.4 Å². The molecule has 0 N–H and O–H groups in total. The van der Waals surface area contributed by atoms with Crippen LogP contribution in [0.1, 0.15) is 106 Å². The van der Waals surface area contributed by atoms with Crippen LogP contribution >= 0.6 is 31.9 Å². The minimum absolute atomic E-state index is 0.572. The molecule has 0 radical (unpaired) electrons. The maximum absolute atomic E-state index is 4.20. The average molecular weight is 545 g/mol. The lowest BCUT2D eigenvalue weighted by molar-refractivity contribution is -0.114. The molecule has 4 fully saturated rings. The van der Waals surface area contributed by atoms with Gasteiger partial charge in [0.1, 0.15) is 0 Å². The Morgan fingerprint density at radius 3 is 2.10 bits per heavy atom. The fourth-order valence-corrected chi connectivity index (χ4v) is 11.3. The van der Waals surface area contributed by atoms with E-state index in [1.165, 1.54) is 51.4 Å². The summed E-state index contributed by atoms with van der Waals surface area (Å²) < 4.78 is 0. The van der Waals surface area contributed by atoms with E-state index >= 15 is 0 Å². The Balaban J connectivity index is 1.51. The molecule has 0 spiro atoms. The van der Waals surface area contributed by atoms with E-state index in [1.54, 1.807) is 12.8 Å². The van der Waals surface area contributed by atoms with Crippen molar-refractivity contribution >= 4 is 31.9 Å². The molecule has 4 rings (SSSR count). The second-order valence-electron chi connectivity index (χ2n) is 13.0. The van der Waals surface area contributed by atoms with E-state index in [1.807, 2.05) is 0 Å². The smallest absolute Gasteiger partial charge is 0.0302 e. The van der Waals surface area contributed by atoms with Crippen molar-refractivity contribution in [3.8, 4) is 0 Å². The first-order valence-electron chi connectivity index (χ1n) is 13.4. The highest BCUT2D eigenvalue weighted by Crippen LogP contribution is 2.68. The minimum atomic E-state index is 0.572. The van der Waals surface area contributed by atoms with Crippen molar-refractivity contribution in [2.45, 2.75) is 115 Å². The SMILES string of the molecule is CC(C)[C@@H](C)C(Br)C(Br)[C@@H](C)[C@H]1CC[C@H]2[C@@H]3CCC4CCCC[C@]4(C)[C@H]3CC[C@]12C. The fraction of sp³-hybridized carbons (Fsp3) is 1.00. The van der Waals surface area contributed by atoms with Crippen molar-refractivity contribution in [3.63, 3.8) is 0 Å². The quantitative estimate of drug-likeness (QED) is 0.303. The van der Waals surface area contributed by atoms with Crippen molar-refractivity contribution in [1.82, 2.24) is 0 Å². The van der Waals surface area contributed by atoms with E-state index in [9.17, 15) is 0 Å². The number of alkyl halides is 2. The Morgan fingerprint density at radius 2 is 1.40 bits per heavy atom. The van der Waals surface area contributed by atoms with Gasteiger partial charge in [0.25, 0.3) is 0 Å². The molecular formula is C28H48Br2. The Labute approximate surface area is 204 Å². The summed E-state index contributed by atoms with van der Waals surface area (Å²) in [6.45, 7) is 15.2. The van der Waals surface area contributed by atoms with Crippen LogP contribution in [0, 0.1) is 58.2 Å². The zero-order chi connectivity index (χ0) is 21.8. The Kier molecular flexibility index (Phi) is 7.20. The van der Waals surface area contributed by atoms with E-state index in [-0.39, 0.29) is 0 Å². The second kappa shape index (κ2) is 8.96. The molecule has 0 aromatic carbocycles. The zero-order valence-electron chi connectivity index (χ0n) is 20.6. The number of rotatable bonds is 5. The number of hydrogen-bond donors (Lipinski definition) is 0. The van der Waals surface area contributed by atoms with Crippen molar-refractivity contribution in [1.29, 1.82) is 0 Å². The molecule has 0 aromatic rings. The summed E-state index contributed by atoms with van der Waals surface area (Å²) in [5.41, 5.74) is 1.26.